The van der Waals surface area contributed by atoms with Crippen LogP contribution in [0.5, 0.6) is 0 Å². The Morgan fingerprint density at radius 1 is 1.56 bits per heavy atom. The van der Waals surface area contributed by atoms with E-state index in [4.69, 9.17) is 0 Å². The van der Waals surface area contributed by atoms with Crippen molar-refractivity contribution in [3.63, 3.8) is 0 Å². The number of rotatable bonds is 2. The van der Waals surface area contributed by atoms with Crippen LogP contribution in [0.1, 0.15) is 18.1 Å². The van der Waals surface area contributed by atoms with E-state index in [2.05, 4.69) is 35.1 Å². The molecule has 16 heavy (non-hydrogen) atoms. The van der Waals surface area contributed by atoms with E-state index in [-0.39, 0.29) is 12.4 Å². The van der Waals surface area contributed by atoms with Crippen molar-refractivity contribution < 1.29 is 0 Å². The van der Waals surface area contributed by atoms with Crippen LogP contribution in [0, 0.1) is 6.92 Å². The van der Waals surface area contributed by atoms with Crippen LogP contribution >= 0.6 is 12.4 Å². The SMILES string of the molecule is Cc1ccncc1CN1CCNCC1C.Cl. The Morgan fingerprint density at radius 2 is 2.38 bits per heavy atom. The standard InChI is InChI=1S/C12H19N3.ClH/c1-10-3-4-13-8-12(10)9-15-6-5-14-7-11(15)2;/h3-4,8,11,14H,5-7,9H2,1-2H3;1H. The Balaban J connectivity index is 0.00000128. The van der Waals surface area contributed by atoms with Gasteiger partial charge in [-0.3, -0.25) is 9.88 Å². The Bertz CT molecular complexity index is 330. The van der Waals surface area contributed by atoms with Crippen molar-refractivity contribution in [2.24, 2.45) is 0 Å². The van der Waals surface area contributed by atoms with Crippen LogP contribution < -0.4 is 5.32 Å². The molecule has 1 saturated heterocycles. The molecule has 0 amide bonds. The van der Waals surface area contributed by atoms with Crippen molar-refractivity contribution in [3.05, 3.63) is 29.6 Å². The van der Waals surface area contributed by atoms with Crippen molar-refractivity contribution in [3.8, 4) is 0 Å². The largest absolute Gasteiger partial charge is 0.314 e. The number of hydrogen-bond donors (Lipinski definition) is 1. The third-order valence-corrected chi connectivity index (χ3v) is 3.16. The first-order valence-corrected chi connectivity index (χ1v) is 5.61. The molecule has 4 heteroatoms. The zero-order valence-electron chi connectivity index (χ0n) is 9.94. The van der Waals surface area contributed by atoms with E-state index in [0.717, 1.165) is 26.2 Å². The fraction of sp³-hybridized carbons (Fsp3) is 0.583. The molecule has 1 aliphatic rings. The summed E-state index contributed by atoms with van der Waals surface area (Å²) in [6.07, 6.45) is 3.85. The number of aryl methyl sites for hydroxylation is 1. The third-order valence-electron chi connectivity index (χ3n) is 3.16. The van der Waals surface area contributed by atoms with Gasteiger partial charge in [0.2, 0.25) is 0 Å². The minimum absolute atomic E-state index is 0. The molecule has 0 radical (unpaired) electrons. The van der Waals surface area contributed by atoms with Gasteiger partial charge in [0.1, 0.15) is 0 Å². The predicted octanol–water partition coefficient (Wildman–Crippen LogP) is 1.61. The maximum Gasteiger partial charge on any atom is 0.0315 e. The third kappa shape index (κ3) is 3.17. The fourth-order valence-corrected chi connectivity index (χ4v) is 2.00. The van der Waals surface area contributed by atoms with Crippen LogP contribution in [-0.2, 0) is 6.54 Å². The smallest absolute Gasteiger partial charge is 0.0315 e. The van der Waals surface area contributed by atoms with Crippen LogP contribution in [0.2, 0.25) is 0 Å². The summed E-state index contributed by atoms with van der Waals surface area (Å²) in [5, 5.41) is 3.41. The number of nitrogens with zero attached hydrogens (tertiary/aromatic N) is 2. The van der Waals surface area contributed by atoms with Crippen molar-refractivity contribution in [1.82, 2.24) is 15.2 Å². The lowest BCUT2D eigenvalue weighted by Crippen LogP contribution is -2.49. The molecule has 1 atom stereocenters. The molecule has 1 aromatic rings. The summed E-state index contributed by atoms with van der Waals surface area (Å²) in [4.78, 5) is 6.71. The second-order valence-electron chi connectivity index (χ2n) is 4.33. The summed E-state index contributed by atoms with van der Waals surface area (Å²) in [6.45, 7) is 8.79. The molecule has 1 aromatic heterocycles. The number of piperazine rings is 1. The van der Waals surface area contributed by atoms with Gasteiger partial charge in [-0.1, -0.05) is 0 Å². The van der Waals surface area contributed by atoms with Gasteiger partial charge in [-0.05, 0) is 31.0 Å². The lowest BCUT2D eigenvalue weighted by atomic mass is 10.1. The first-order valence-electron chi connectivity index (χ1n) is 5.61. The number of aromatic nitrogens is 1. The molecule has 90 valence electrons. The van der Waals surface area contributed by atoms with E-state index < -0.39 is 0 Å². The summed E-state index contributed by atoms with van der Waals surface area (Å²) in [7, 11) is 0. The van der Waals surface area contributed by atoms with Crippen molar-refractivity contribution in [1.29, 1.82) is 0 Å². The number of halogens is 1. The molecular formula is C12H20ClN3. The highest BCUT2D eigenvalue weighted by Gasteiger charge is 2.18. The Labute approximate surface area is 104 Å². The predicted molar refractivity (Wildman–Crippen MR) is 69.0 cm³/mol. The zero-order valence-corrected chi connectivity index (χ0v) is 10.8. The quantitative estimate of drug-likeness (QED) is 0.853. The second kappa shape index (κ2) is 6.18. The monoisotopic (exact) mass is 241 g/mol. The van der Waals surface area contributed by atoms with Crippen LogP contribution in [-0.4, -0.2) is 35.6 Å². The van der Waals surface area contributed by atoms with Gasteiger partial charge in [-0.15, -0.1) is 12.4 Å². The van der Waals surface area contributed by atoms with Crippen LogP contribution in [0.25, 0.3) is 0 Å². The first-order chi connectivity index (χ1) is 7.27. The highest BCUT2D eigenvalue weighted by molar-refractivity contribution is 5.85. The van der Waals surface area contributed by atoms with Crippen LogP contribution in [0.15, 0.2) is 18.5 Å². The van der Waals surface area contributed by atoms with Gasteiger partial charge < -0.3 is 5.32 Å². The average molecular weight is 242 g/mol. The summed E-state index contributed by atoms with van der Waals surface area (Å²) in [6, 6.07) is 2.71. The summed E-state index contributed by atoms with van der Waals surface area (Å²) >= 11 is 0. The van der Waals surface area contributed by atoms with Gasteiger partial charge in [-0.2, -0.15) is 0 Å². The fourth-order valence-electron chi connectivity index (χ4n) is 2.00. The van der Waals surface area contributed by atoms with Gasteiger partial charge >= 0.3 is 0 Å². The molecule has 0 spiro atoms. The first kappa shape index (κ1) is 13.4. The maximum atomic E-state index is 4.19. The summed E-state index contributed by atoms with van der Waals surface area (Å²) in [5.74, 6) is 0. The topological polar surface area (TPSA) is 28.2 Å². The van der Waals surface area contributed by atoms with Gasteiger partial charge in [-0.25, -0.2) is 0 Å². The average Bonchev–Trinajstić information content (AvgIpc) is 2.24. The normalized spacial score (nSPS) is 21.5. The molecule has 0 saturated carbocycles. The molecule has 3 nitrogen and oxygen atoms in total. The van der Waals surface area contributed by atoms with Gasteiger partial charge in [0.15, 0.2) is 0 Å². The molecule has 1 aliphatic heterocycles. The minimum atomic E-state index is 0. The molecule has 0 aliphatic carbocycles. The van der Waals surface area contributed by atoms with Crippen molar-refractivity contribution >= 4 is 12.4 Å². The van der Waals surface area contributed by atoms with E-state index in [0.29, 0.717) is 6.04 Å². The summed E-state index contributed by atoms with van der Waals surface area (Å²) < 4.78 is 0. The summed E-state index contributed by atoms with van der Waals surface area (Å²) in [5.41, 5.74) is 2.70. The Morgan fingerprint density at radius 3 is 3.06 bits per heavy atom. The van der Waals surface area contributed by atoms with Gasteiger partial charge in [0.25, 0.3) is 0 Å². The van der Waals surface area contributed by atoms with E-state index in [1.807, 2.05) is 12.4 Å². The molecule has 1 unspecified atom stereocenters. The van der Waals surface area contributed by atoms with Crippen LogP contribution in [0.4, 0.5) is 0 Å². The van der Waals surface area contributed by atoms with Crippen molar-refractivity contribution in [2.45, 2.75) is 26.4 Å². The maximum absolute atomic E-state index is 4.19. The zero-order chi connectivity index (χ0) is 10.7. The molecule has 0 aromatic carbocycles. The number of pyridine rings is 1. The Kier molecular flexibility index (Phi) is 5.19. The molecule has 1 fully saturated rings. The minimum Gasteiger partial charge on any atom is -0.314 e. The Hall–Kier alpha value is -0.640. The lowest BCUT2D eigenvalue weighted by molar-refractivity contribution is 0.165. The molecule has 2 rings (SSSR count). The van der Waals surface area contributed by atoms with Crippen molar-refractivity contribution in [2.75, 3.05) is 19.6 Å². The van der Waals surface area contributed by atoms with Crippen LogP contribution in [0.3, 0.4) is 0 Å². The molecule has 2 heterocycles. The van der Waals surface area contributed by atoms with Gasteiger partial charge in [0.05, 0.1) is 0 Å². The second-order valence-corrected chi connectivity index (χ2v) is 4.33. The van der Waals surface area contributed by atoms with E-state index in [1.54, 1.807) is 0 Å². The highest BCUT2D eigenvalue weighted by atomic mass is 35.5. The number of hydrogen-bond acceptors (Lipinski definition) is 3. The molecule has 0 bridgehead atoms. The van der Waals surface area contributed by atoms with E-state index >= 15 is 0 Å². The number of nitrogens with one attached hydrogen (secondary N) is 1. The molecule has 1 N–H and O–H groups in total. The van der Waals surface area contributed by atoms with Gasteiger partial charge in [0, 0.05) is 44.6 Å². The van der Waals surface area contributed by atoms with E-state index in [9.17, 15) is 0 Å². The lowest BCUT2D eigenvalue weighted by Gasteiger charge is -2.34. The highest BCUT2D eigenvalue weighted by Crippen LogP contribution is 2.12. The molecular weight excluding hydrogens is 222 g/mol. The van der Waals surface area contributed by atoms with E-state index in [1.165, 1.54) is 11.1 Å².